The minimum absolute atomic E-state index is 0.167. The Morgan fingerprint density at radius 2 is 1.25 bits per heavy atom. The maximum absolute atomic E-state index is 10.5. The number of hydrogen-bond acceptors (Lipinski definition) is 7. The molecule has 2 heterocycles. The van der Waals surface area contributed by atoms with Crippen molar-refractivity contribution in [3.05, 3.63) is 0 Å². The summed E-state index contributed by atoms with van der Waals surface area (Å²) in [4.78, 5) is 0. The Morgan fingerprint density at radius 3 is 1.78 bits per heavy atom. The Kier molecular flexibility index (Phi) is 5.85. The normalized spacial score (nSPS) is 51.5. The highest BCUT2D eigenvalue weighted by Crippen LogP contribution is 2.57. The highest BCUT2D eigenvalue weighted by molar-refractivity contribution is 5.06. The molecule has 11 unspecified atom stereocenters. The van der Waals surface area contributed by atoms with Crippen molar-refractivity contribution in [3.63, 3.8) is 0 Å². The van der Waals surface area contributed by atoms with Crippen molar-refractivity contribution in [2.75, 3.05) is 39.6 Å². The second-order valence-electron chi connectivity index (χ2n) is 12.1. The summed E-state index contributed by atoms with van der Waals surface area (Å²) in [6.45, 7) is 8.54. The van der Waals surface area contributed by atoms with Gasteiger partial charge in [0.2, 0.25) is 0 Å². The van der Waals surface area contributed by atoms with Gasteiger partial charge in [-0.3, -0.25) is 0 Å². The van der Waals surface area contributed by atoms with Crippen LogP contribution in [0, 0.1) is 22.7 Å². The van der Waals surface area contributed by atoms with E-state index < -0.39 is 6.10 Å². The first kappa shape index (κ1) is 22.2. The van der Waals surface area contributed by atoms with Gasteiger partial charge in [-0.15, -0.1) is 0 Å². The third-order valence-electron chi connectivity index (χ3n) is 9.21. The van der Waals surface area contributed by atoms with Gasteiger partial charge >= 0.3 is 0 Å². The number of hydrogen-bond donors (Lipinski definition) is 1. The van der Waals surface area contributed by atoms with E-state index >= 15 is 0 Å². The number of epoxide rings is 2. The first-order valence-corrected chi connectivity index (χ1v) is 12.8. The van der Waals surface area contributed by atoms with Crippen LogP contribution >= 0.6 is 0 Å². The van der Waals surface area contributed by atoms with Gasteiger partial charge in [-0.05, 0) is 61.2 Å². The maximum Gasteiger partial charge on any atom is 0.104 e. The molecule has 7 heteroatoms. The summed E-state index contributed by atoms with van der Waals surface area (Å²) in [7, 11) is 0. The van der Waals surface area contributed by atoms with Gasteiger partial charge < -0.3 is 33.5 Å². The molecule has 6 rings (SSSR count). The lowest BCUT2D eigenvalue weighted by Crippen LogP contribution is -2.39. The van der Waals surface area contributed by atoms with Gasteiger partial charge in [-0.2, -0.15) is 0 Å². The van der Waals surface area contributed by atoms with Crippen LogP contribution in [0.25, 0.3) is 0 Å². The molecule has 7 nitrogen and oxygen atoms in total. The SMILES string of the molecule is CC12CC(CC1OCC(O)COC1CC3(C)CC1CC3OCC1CO1)C(OCC1CO1)C2. The zero-order chi connectivity index (χ0) is 21.9. The van der Waals surface area contributed by atoms with Crippen LogP contribution in [-0.2, 0) is 28.4 Å². The Morgan fingerprint density at radius 1 is 0.750 bits per heavy atom. The van der Waals surface area contributed by atoms with Gasteiger partial charge in [0.1, 0.15) is 18.3 Å². The van der Waals surface area contributed by atoms with Crippen molar-refractivity contribution in [3.8, 4) is 0 Å². The average Bonchev–Trinajstić information content (AvgIpc) is 3.66. The van der Waals surface area contributed by atoms with Gasteiger partial charge in [0.25, 0.3) is 0 Å². The van der Waals surface area contributed by atoms with Crippen molar-refractivity contribution in [2.24, 2.45) is 22.7 Å². The van der Waals surface area contributed by atoms with Crippen molar-refractivity contribution in [2.45, 2.75) is 95.1 Å². The van der Waals surface area contributed by atoms with E-state index in [4.69, 9.17) is 28.4 Å². The fourth-order valence-electron chi connectivity index (χ4n) is 7.22. The Hall–Kier alpha value is -0.280. The zero-order valence-electron chi connectivity index (χ0n) is 19.6. The van der Waals surface area contributed by atoms with E-state index in [0.717, 1.165) is 52.1 Å². The van der Waals surface area contributed by atoms with E-state index in [9.17, 15) is 5.11 Å². The molecular formula is C25H40O7. The highest BCUT2D eigenvalue weighted by Gasteiger charge is 2.56. The van der Waals surface area contributed by atoms with Crippen LogP contribution in [0.4, 0.5) is 0 Å². The van der Waals surface area contributed by atoms with Crippen LogP contribution in [0.15, 0.2) is 0 Å². The summed E-state index contributed by atoms with van der Waals surface area (Å²) >= 11 is 0. The molecule has 4 aliphatic carbocycles. The Balaban J connectivity index is 0.901. The first-order valence-electron chi connectivity index (χ1n) is 12.8. The van der Waals surface area contributed by atoms with Crippen molar-refractivity contribution in [1.29, 1.82) is 0 Å². The molecule has 0 aromatic heterocycles. The molecule has 32 heavy (non-hydrogen) atoms. The quantitative estimate of drug-likeness (QED) is 0.455. The zero-order valence-corrected chi connectivity index (χ0v) is 19.6. The summed E-state index contributed by atoms with van der Waals surface area (Å²) in [5, 5.41) is 10.5. The molecule has 1 N–H and O–H groups in total. The molecule has 182 valence electrons. The molecule has 0 amide bonds. The summed E-state index contributed by atoms with van der Waals surface area (Å²) in [5.74, 6) is 1.12. The smallest absolute Gasteiger partial charge is 0.104 e. The molecule has 4 saturated carbocycles. The summed E-state index contributed by atoms with van der Waals surface area (Å²) < 4.78 is 35.2. The minimum atomic E-state index is -0.567. The monoisotopic (exact) mass is 452 g/mol. The average molecular weight is 453 g/mol. The Labute approximate surface area is 191 Å². The van der Waals surface area contributed by atoms with E-state index in [2.05, 4.69) is 13.8 Å². The lowest BCUT2D eigenvalue weighted by molar-refractivity contribution is -0.114. The van der Waals surface area contributed by atoms with Crippen LogP contribution < -0.4 is 0 Å². The molecule has 6 fully saturated rings. The Bertz CT molecular complexity index is 681. The predicted octanol–water partition coefficient (Wildman–Crippen LogP) is 2.33. The minimum Gasteiger partial charge on any atom is -0.388 e. The standard InChI is InChI=1S/C25H40O7/c1-24-6-16(21(8-24)30-13-18-11-27-18)3-22(24)31-10-17(26)9-29-20-7-25(2)5-15(20)4-23(25)32-14-19-12-28-19/h15-23,26H,3-14H2,1-2H3. The van der Waals surface area contributed by atoms with Crippen molar-refractivity contribution in [1.82, 2.24) is 0 Å². The second-order valence-corrected chi connectivity index (χ2v) is 12.1. The molecule has 2 saturated heterocycles. The number of aliphatic hydroxyl groups excluding tert-OH is 1. The molecule has 2 aliphatic heterocycles. The van der Waals surface area contributed by atoms with Crippen molar-refractivity contribution >= 4 is 0 Å². The van der Waals surface area contributed by atoms with E-state index in [1.807, 2.05) is 0 Å². The fourth-order valence-corrected chi connectivity index (χ4v) is 7.22. The predicted molar refractivity (Wildman–Crippen MR) is 115 cm³/mol. The van der Waals surface area contributed by atoms with Crippen LogP contribution in [0.3, 0.4) is 0 Å². The molecule has 0 aromatic rings. The van der Waals surface area contributed by atoms with E-state index in [-0.39, 0.29) is 23.0 Å². The maximum atomic E-state index is 10.5. The number of ether oxygens (including phenoxy) is 6. The van der Waals surface area contributed by atoms with Crippen LogP contribution in [0.1, 0.15) is 52.4 Å². The molecule has 0 radical (unpaired) electrons. The second kappa shape index (κ2) is 8.43. The lowest BCUT2D eigenvalue weighted by atomic mass is 9.82. The molecular weight excluding hydrogens is 412 g/mol. The fraction of sp³-hybridized carbons (Fsp3) is 1.00. The van der Waals surface area contributed by atoms with Gasteiger partial charge in [0.05, 0.1) is 64.1 Å². The number of rotatable bonds is 12. The third-order valence-corrected chi connectivity index (χ3v) is 9.21. The largest absolute Gasteiger partial charge is 0.388 e. The van der Waals surface area contributed by atoms with E-state index in [1.165, 1.54) is 12.8 Å². The van der Waals surface area contributed by atoms with Crippen LogP contribution in [0.2, 0.25) is 0 Å². The molecule has 0 aromatic carbocycles. The third kappa shape index (κ3) is 4.51. The first-order chi connectivity index (χ1) is 15.4. The van der Waals surface area contributed by atoms with Gasteiger partial charge in [-0.25, -0.2) is 0 Å². The summed E-state index contributed by atoms with van der Waals surface area (Å²) in [6, 6.07) is 0. The lowest BCUT2D eigenvalue weighted by Gasteiger charge is -2.36. The number of fused-ring (bicyclic) bond motifs is 4. The van der Waals surface area contributed by atoms with Gasteiger partial charge in [0.15, 0.2) is 0 Å². The van der Waals surface area contributed by atoms with E-state index in [0.29, 0.717) is 49.5 Å². The number of aliphatic hydroxyl groups is 1. The van der Waals surface area contributed by atoms with Crippen molar-refractivity contribution < 1.29 is 33.5 Å². The summed E-state index contributed by atoms with van der Waals surface area (Å²) in [6.07, 6.45) is 7.74. The highest BCUT2D eigenvalue weighted by atomic mass is 16.6. The van der Waals surface area contributed by atoms with E-state index in [1.54, 1.807) is 0 Å². The van der Waals surface area contributed by atoms with Gasteiger partial charge in [-0.1, -0.05) is 13.8 Å². The molecule has 11 atom stereocenters. The van der Waals surface area contributed by atoms with Crippen LogP contribution in [0.5, 0.6) is 0 Å². The molecule has 0 spiro atoms. The topological polar surface area (TPSA) is 82.2 Å². The summed E-state index contributed by atoms with van der Waals surface area (Å²) in [5.41, 5.74) is 0.369. The molecule has 6 aliphatic rings. The molecule has 4 bridgehead atoms. The van der Waals surface area contributed by atoms with Crippen LogP contribution in [-0.4, -0.2) is 87.5 Å². The van der Waals surface area contributed by atoms with Gasteiger partial charge in [0, 0.05) is 0 Å².